The van der Waals surface area contributed by atoms with Crippen LogP contribution in [0.1, 0.15) is 43.5 Å². The van der Waals surface area contributed by atoms with E-state index in [0.717, 1.165) is 36.4 Å². The number of aliphatic hydroxyl groups is 1. The molecule has 0 spiro atoms. The molecule has 34 heavy (non-hydrogen) atoms. The molecule has 2 atom stereocenters. The van der Waals surface area contributed by atoms with Gasteiger partial charge in [0.25, 0.3) is 11.7 Å². The van der Waals surface area contributed by atoms with Crippen LogP contribution in [0.5, 0.6) is 11.5 Å². The number of likely N-dealkylation sites (N-methyl/N-ethyl adjacent to an activating group) is 1. The highest BCUT2D eigenvalue weighted by molar-refractivity contribution is 6.46. The minimum Gasteiger partial charge on any atom is -0.507 e. The van der Waals surface area contributed by atoms with Gasteiger partial charge in [-0.15, -0.1) is 0 Å². The van der Waals surface area contributed by atoms with Gasteiger partial charge < -0.3 is 24.4 Å². The van der Waals surface area contributed by atoms with Crippen molar-refractivity contribution in [3.05, 3.63) is 64.7 Å². The number of amides is 1. The van der Waals surface area contributed by atoms with Crippen LogP contribution in [-0.4, -0.2) is 66.0 Å². The Bertz CT molecular complexity index is 1100. The van der Waals surface area contributed by atoms with Crippen molar-refractivity contribution in [3.63, 3.8) is 0 Å². The minimum atomic E-state index is -0.676. The highest BCUT2D eigenvalue weighted by Crippen LogP contribution is 2.40. The molecule has 0 unspecified atom stereocenters. The average molecular weight is 465 g/mol. The molecule has 1 saturated heterocycles. The number of carbonyl (C=O) groups is 2. The highest BCUT2D eigenvalue weighted by Gasteiger charge is 2.46. The second kappa shape index (κ2) is 9.89. The maximum atomic E-state index is 13.2. The van der Waals surface area contributed by atoms with Gasteiger partial charge in [-0.25, -0.2) is 0 Å². The molecule has 7 heteroatoms. The normalized spacial score (nSPS) is 21.1. The summed E-state index contributed by atoms with van der Waals surface area (Å²) in [5, 5.41) is 11.3. The number of Topliss-reactive ketones (excluding diaryl/α,β-unsaturated/α-hetero) is 1. The second-order valence-corrected chi connectivity index (χ2v) is 8.75. The first-order chi connectivity index (χ1) is 16.4. The number of aliphatic hydroxyl groups excluding tert-OH is 1. The number of ketones is 1. The summed E-state index contributed by atoms with van der Waals surface area (Å²) in [7, 11) is 1.59. The third kappa shape index (κ3) is 4.40. The first kappa shape index (κ1) is 23.8. The molecule has 0 saturated carbocycles. The summed E-state index contributed by atoms with van der Waals surface area (Å²) >= 11 is 0. The summed E-state index contributed by atoms with van der Waals surface area (Å²) in [5.74, 6) is 0.0505. The lowest BCUT2D eigenvalue weighted by atomic mass is 9.94. The molecule has 0 aromatic heterocycles. The molecule has 180 valence electrons. The van der Waals surface area contributed by atoms with Gasteiger partial charge in [0, 0.05) is 25.1 Å². The molecule has 0 aliphatic carbocycles. The van der Waals surface area contributed by atoms with Crippen LogP contribution in [0, 0.1) is 0 Å². The van der Waals surface area contributed by atoms with Crippen molar-refractivity contribution in [2.75, 3.05) is 33.3 Å². The smallest absolute Gasteiger partial charge is 0.295 e. The van der Waals surface area contributed by atoms with Crippen molar-refractivity contribution >= 4 is 17.4 Å². The molecule has 4 rings (SSSR count). The maximum Gasteiger partial charge on any atom is 0.295 e. The number of nitrogens with zero attached hydrogens (tertiary/aromatic N) is 2. The van der Waals surface area contributed by atoms with Crippen LogP contribution in [0.15, 0.2) is 48.0 Å². The van der Waals surface area contributed by atoms with E-state index in [1.165, 1.54) is 0 Å². The first-order valence-electron chi connectivity index (χ1n) is 11.8. The third-order valence-electron chi connectivity index (χ3n) is 6.69. The monoisotopic (exact) mass is 464 g/mol. The third-order valence-corrected chi connectivity index (χ3v) is 6.69. The molecule has 1 N–H and O–H groups in total. The van der Waals surface area contributed by atoms with E-state index < -0.39 is 17.7 Å². The molecule has 0 radical (unpaired) electrons. The lowest BCUT2D eigenvalue weighted by Gasteiger charge is -2.28. The lowest BCUT2D eigenvalue weighted by Crippen LogP contribution is -2.38. The molecule has 2 aliphatic rings. The van der Waals surface area contributed by atoms with E-state index in [1.54, 1.807) is 30.2 Å². The van der Waals surface area contributed by atoms with Crippen LogP contribution in [0.2, 0.25) is 0 Å². The van der Waals surface area contributed by atoms with Crippen LogP contribution in [0.25, 0.3) is 5.76 Å². The zero-order chi connectivity index (χ0) is 24.4. The Balaban J connectivity index is 1.77. The number of methoxy groups -OCH3 is 1. The number of hydrogen-bond donors (Lipinski definition) is 1. The summed E-state index contributed by atoms with van der Waals surface area (Å²) in [6, 6.07) is 12.0. The number of carbonyl (C=O) groups excluding carboxylic acids is 2. The molecule has 1 fully saturated rings. The second-order valence-electron chi connectivity index (χ2n) is 8.75. The van der Waals surface area contributed by atoms with E-state index in [-0.39, 0.29) is 17.4 Å². The van der Waals surface area contributed by atoms with Crippen LogP contribution in [0.4, 0.5) is 0 Å². The minimum absolute atomic E-state index is 0.0670. The predicted molar refractivity (Wildman–Crippen MR) is 130 cm³/mol. The SMILES string of the molecule is CCN(CC)CCN1C(=O)C(=O)/C(=C(/O)c2ccc3c(c2)C[C@@H](C)O3)[C@@H]1c1ccc(OC)cc1. The summed E-state index contributed by atoms with van der Waals surface area (Å²) in [5.41, 5.74) is 2.35. The van der Waals surface area contributed by atoms with Gasteiger partial charge in [-0.05, 0) is 61.5 Å². The molecular weight excluding hydrogens is 432 g/mol. The van der Waals surface area contributed by atoms with Crippen LogP contribution in [0.3, 0.4) is 0 Å². The van der Waals surface area contributed by atoms with E-state index in [0.29, 0.717) is 24.4 Å². The summed E-state index contributed by atoms with van der Waals surface area (Å²) in [6.45, 7) is 8.85. The summed E-state index contributed by atoms with van der Waals surface area (Å²) in [4.78, 5) is 30.2. The topological polar surface area (TPSA) is 79.3 Å². The molecule has 2 aromatic carbocycles. The Morgan fingerprint density at radius 3 is 2.50 bits per heavy atom. The van der Waals surface area contributed by atoms with E-state index in [9.17, 15) is 14.7 Å². The zero-order valence-corrected chi connectivity index (χ0v) is 20.2. The van der Waals surface area contributed by atoms with Gasteiger partial charge in [-0.2, -0.15) is 0 Å². The number of rotatable bonds is 8. The Kier molecular flexibility index (Phi) is 6.93. The largest absolute Gasteiger partial charge is 0.507 e. The maximum absolute atomic E-state index is 13.2. The van der Waals surface area contributed by atoms with Gasteiger partial charge in [0.2, 0.25) is 0 Å². The van der Waals surface area contributed by atoms with Gasteiger partial charge in [0.15, 0.2) is 0 Å². The average Bonchev–Trinajstić information content (AvgIpc) is 3.35. The van der Waals surface area contributed by atoms with Crippen molar-refractivity contribution in [2.45, 2.75) is 39.3 Å². The Morgan fingerprint density at radius 1 is 1.15 bits per heavy atom. The Hall–Kier alpha value is -3.32. The van der Waals surface area contributed by atoms with Crippen LogP contribution < -0.4 is 9.47 Å². The van der Waals surface area contributed by atoms with Gasteiger partial charge >= 0.3 is 0 Å². The fourth-order valence-electron chi connectivity index (χ4n) is 4.76. The molecule has 2 aliphatic heterocycles. The standard InChI is InChI=1S/C27H32N2O5/c1-5-28(6-2)13-14-29-24(18-7-10-21(33-4)11-8-18)23(26(31)27(29)32)25(30)19-9-12-22-20(16-19)15-17(3)34-22/h7-12,16-17,24,30H,5-6,13-15H2,1-4H3/b25-23+/t17-,24+/m1/s1. The molecule has 7 nitrogen and oxygen atoms in total. The molecule has 1 amide bonds. The number of fused-ring (bicyclic) bond motifs is 1. The van der Waals surface area contributed by atoms with Crippen molar-refractivity contribution in [1.29, 1.82) is 0 Å². The summed E-state index contributed by atoms with van der Waals surface area (Å²) < 4.78 is 11.0. The van der Waals surface area contributed by atoms with Crippen molar-refractivity contribution in [1.82, 2.24) is 9.80 Å². The fraction of sp³-hybridized carbons (Fsp3) is 0.407. The zero-order valence-electron chi connectivity index (χ0n) is 20.2. The van der Waals surface area contributed by atoms with Crippen LogP contribution >= 0.6 is 0 Å². The number of ether oxygens (including phenoxy) is 2. The highest BCUT2D eigenvalue weighted by atomic mass is 16.5. The van der Waals surface area contributed by atoms with E-state index >= 15 is 0 Å². The lowest BCUT2D eigenvalue weighted by molar-refractivity contribution is -0.140. The first-order valence-corrected chi connectivity index (χ1v) is 11.8. The van der Waals surface area contributed by atoms with Crippen LogP contribution in [-0.2, 0) is 16.0 Å². The molecule has 0 bridgehead atoms. The quantitative estimate of drug-likeness (QED) is 0.364. The molecule has 2 heterocycles. The Labute approximate surface area is 200 Å². The number of benzene rings is 2. The molecular formula is C27H32N2O5. The van der Waals surface area contributed by atoms with Gasteiger partial charge in [-0.1, -0.05) is 26.0 Å². The summed E-state index contributed by atoms with van der Waals surface area (Å²) in [6.07, 6.45) is 0.800. The van der Waals surface area contributed by atoms with E-state index in [4.69, 9.17) is 9.47 Å². The van der Waals surface area contributed by atoms with Gasteiger partial charge in [0.05, 0.1) is 18.7 Å². The Morgan fingerprint density at radius 2 is 1.85 bits per heavy atom. The number of likely N-dealkylation sites (tertiary alicyclic amines) is 1. The van der Waals surface area contributed by atoms with E-state index in [2.05, 4.69) is 18.7 Å². The van der Waals surface area contributed by atoms with Gasteiger partial charge in [0.1, 0.15) is 23.4 Å². The van der Waals surface area contributed by atoms with Crippen molar-refractivity contribution < 1.29 is 24.2 Å². The number of hydrogen-bond acceptors (Lipinski definition) is 6. The van der Waals surface area contributed by atoms with Crippen molar-refractivity contribution in [3.8, 4) is 11.5 Å². The van der Waals surface area contributed by atoms with E-state index in [1.807, 2.05) is 31.2 Å². The molecule has 2 aromatic rings. The fourth-order valence-corrected chi connectivity index (χ4v) is 4.76. The predicted octanol–water partition coefficient (Wildman–Crippen LogP) is 3.78. The van der Waals surface area contributed by atoms with Gasteiger partial charge in [-0.3, -0.25) is 9.59 Å². The van der Waals surface area contributed by atoms with Crippen molar-refractivity contribution in [2.24, 2.45) is 0 Å².